The first-order chi connectivity index (χ1) is 23.2. The van der Waals surface area contributed by atoms with Crippen molar-refractivity contribution in [2.24, 2.45) is 5.92 Å². The van der Waals surface area contributed by atoms with Gasteiger partial charge in [-0.3, -0.25) is 9.80 Å². The van der Waals surface area contributed by atoms with Gasteiger partial charge < -0.3 is 24.4 Å². The molecule has 2 atom stereocenters. The number of fused-ring (bicyclic) bond motifs is 3. The van der Waals surface area contributed by atoms with Crippen molar-refractivity contribution in [3.63, 3.8) is 0 Å². The van der Waals surface area contributed by atoms with E-state index in [2.05, 4.69) is 9.88 Å². The number of hydrogen-bond donors (Lipinski definition) is 0. The molecule has 0 unspecified atom stereocenters. The smallest absolute Gasteiger partial charge is 0.415 e. The molecule has 1 amide bonds. The van der Waals surface area contributed by atoms with E-state index in [9.17, 15) is 9.59 Å². The first-order valence-electron chi connectivity index (χ1n) is 15.5. The largest absolute Gasteiger partial charge is 0.870 e. The number of carbonyl (C=O) groups excluding carboxylic acids is 2. The third-order valence-corrected chi connectivity index (χ3v) is 10.5. The van der Waals surface area contributed by atoms with Crippen molar-refractivity contribution in [2.75, 3.05) is 38.8 Å². The number of H-pyrrole nitrogens is 1. The third kappa shape index (κ3) is 8.27. The number of nitrogens with zero attached hydrogens (tertiary/aromatic N) is 2. The fourth-order valence-corrected chi connectivity index (χ4v) is 7.62. The summed E-state index contributed by atoms with van der Waals surface area (Å²) in [6, 6.07) is 14.7. The number of para-hydroxylation sites is 1. The van der Waals surface area contributed by atoms with Crippen LogP contribution in [0.4, 0.5) is 14.9 Å². The molecule has 3 fully saturated rings. The molecule has 4 aromatic rings. The van der Waals surface area contributed by atoms with Crippen LogP contribution in [-0.2, 0) is 22.4 Å². The van der Waals surface area contributed by atoms with Crippen LogP contribution in [0.1, 0.15) is 44.6 Å². The van der Waals surface area contributed by atoms with Crippen LogP contribution in [0.25, 0.3) is 0 Å². The Balaban J connectivity index is 0.00000468. The Hall–Kier alpha value is -3.94. The Kier molecular flexibility index (Phi) is 12.0. The van der Waals surface area contributed by atoms with E-state index in [0.29, 0.717) is 54.9 Å². The predicted molar refractivity (Wildman–Crippen MR) is 183 cm³/mol. The van der Waals surface area contributed by atoms with Crippen molar-refractivity contribution in [3.8, 4) is 11.5 Å². The van der Waals surface area contributed by atoms with E-state index in [0.717, 1.165) is 37.3 Å². The molecule has 2 aromatic heterocycles. The highest BCUT2D eigenvalue weighted by Gasteiger charge is 2.38. The number of carbonyl (C=O) groups is 2. The molecule has 0 aliphatic carbocycles. The van der Waals surface area contributed by atoms with Gasteiger partial charge in [-0.2, -0.15) is 0 Å². The van der Waals surface area contributed by atoms with E-state index >= 15 is 4.39 Å². The fourth-order valence-electron chi connectivity index (χ4n) is 6.21. The molecule has 2 aromatic carbocycles. The molecule has 5 heterocycles. The molecular weight excluding hydrogens is 696 g/mol. The van der Waals surface area contributed by atoms with Gasteiger partial charge in [0.05, 0.1) is 26.5 Å². The van der Waals surface area contributed by atoms with Crippen LogP contribution >= 0.6 is 34.5 Å². The molecule has 10 nitrogen and oxygen atoms in total. The number of rotatable bonds is 11. The lowest BCUT2D eigenvalue weighted by Gasteiger charge is -2.44. The summed E-state index contributed by atoms with van der Waals surface area (Å²) in [5.41, 5.74) is 1.33. The van der Waals surface area contributed by atoms with Crippen molar-refractivity contribution in [2.45, 2.75) is 38.0 Å². The van der Waals surface area contributed by atoms with Crippen LogP contribution in [0.3, 0.4) is 0 Å². The fraction of sp³-hybridized carbons (Fsp3) is 0.343. The van der Waals surface area contributed by atoms with Gasteiger partial charge in [-0.25, -0.2) is 19.0 Å². The number of thiophene rings is 1. The first-order valence-corrected chi connectivity index (χ1v) is 17.1. The summed E-state index contributed by atoms with van der Waals surface area (Å²) in [7, 11) is 3.06. The van der Waals surface area contributed by atoms with E-state index < -0.39 is 24.0 Å². The zero-order valence-electron chi connectivity index (χ0n) is 26.9. The number of aromatic nitrogens is 1. The number of benzene rings is 2. The second-order valence-corrected chi connectivity index (χ2v) is 13.7. The SMILES string of the molecule is COc1ccc([C@H](Cc2c(Cl)c[nH+]cc2Cl)OC(=O)c2ccc(CN(C(=O)O[C@H]3CN4CCC3CC4)c3ccccc3F)s2)cc1OC.[OH-]. The summed E-state index contributed by atoms with van der Waals surface area (Å²) in [5, 5.41) is 0.779. The summed E-state index contributed by atoms with van der Waals surface area (Å²) in [4.78, 5) is 34.7. The summed E-state index contributed by atoms with van der Waals surface area (Å²) >= 11 is 14.1. The minimum absolute atomic E-state index is 0. The molecule has 3 saturated heterocycles. The number of aromatic amines is 1. The van der Waals surface area contributed by atoms with E-state index in [1.165, 1.54) is 25.2 Å². The molecule has 3 aliphatic heterocycles. The quantitative estimate of drug-likeness (QED) is 0.148. The van der Waals surface area contributed by atoms with Gasteiger partial charge in [-0.1, -0.05) is 41.4 Å². The lowest BCUT2D eigenvalue weighted by molar-refractivity contribution is -0.377. The van der Waals surface area contributed by atoms with Gasteiger partial charge in [0, 0.05) is 23.4 Å². The summed E-state index contributed by atoms with van der Waals surface area (Å²) in [6.07, 6.45) is 3.65. The number of nitrogens with one attached hydrogen (secondary N) is 1. The lowest BCUT2D eigenvalue weighted by atomic mass is 9.86. The highest BCUT2D eigenvalue weighted by atomic mass is 35.5. The third-order valence-electron chi connectivity index (χ3n) is 8.80. The van der Waals surface area contributed by atoms with Crippen molar-refractivity contribution < 1.29 is 43.4 Å². The Morgan fingerprint density at radius 2 is 1.73 bits per heavy atom. The standard InChI is InChI=1S/C35H34Cl2FN3O6S.H2O/c1-44-29-9-7-22(15-31(29)45-2)30(16-24-25(36)17-39-18-26(24)37)46-34(42)33-10-8-23(48-33)19-41(28-6-4-3-5-27(28)38)35(43)47-32-20-40-13-11-21(32)12-14-40;/h3-10,15,17-18,21,30,32H,11-14,16,19-20H2,1-2H3;1H2/t30-,32-;/m0./s1. The van der Waals surface area contributed by atoms with Gasteiger partial charge in [0.15, 0.2) is 23.9 Å². The van der Waals surface area contributed by atoms with Gasteiger partial charge >= 0.3 is 12.1 Å². The number of amides is 1. The molecule has 2 N–H and O–H groups in total. The molecule has 2 bridgehead atoms. The number of methoxy groups -OCH3 is 2. The molecule has 0 saturated carbocycles. The number of pyridine rings is 1. The summed E-state index contributed by atoms with van der Waals surface area (Å²) in [5.74, 6) is 0.139. The first kappa shape index (κ1) is 36.3. The number of halogens is 3. The van der Waals surface area contributed by atoms with Gasteiger partial charge in [-0.05, 0) is 73.8 Å². The van der Waals surface area contributed by atoms with E-state index in [-0.39, 0.29) is 30.2 Å². The van der Waals surface area contributed by atoms with Gasteiger partial charge in [-0.15, -0.1) is 11.3 Å². The van der Waals surface area contributed by atoms with Crippen molar-refractivity contribution in [1.29, 1.82) is 0 Å². The minimum atomic E-state index is -0.799. The highest BCUT2D eigenvalue weighted by Crippen LogP contribution is 2.36. The maximum atomic E-state index is 15.0. The Morgan fingerprint density at radius 1 is 1.02 bits per heavy atom. The van der Waals surface area contributed by atoms with E-state index in [1.54, 1.807) is 60.9 Å². The molecule has 7 rings (SSSR count). The van der Waals surface area contributed by atoms with Crippen molar-refractivity contribution >= 4 is 52.3 Å². The van der Waals surface area contributed by atoms with Crippen LogP contribution < -0.4 is 19.4 Å². The highest BCUT2D eigenvalue weighted by molar-refractivity contribution is 7.14. The van der Waals surface area contributed by atoms with Gasteiger partial charge in [0.2, 0.25) is 0 Å². The topological polar surface area (TPSA) is 122 Å². The number of esters is 1. The molecule has 0 spiro atoms. The number of piperidine rings is 3. The normalized spacial score (nSPS) is 18.6. The summed E-state index contributed by atoms with van der Waals surface area (Å²) < 4.78 is 38.0. The maximum absolute atomic E-state index is 15.0. The molecular formula is C35H36Cl2FN3O7S. The Bertz CT molecular complexity index is 1770. The minimum Gasteiger partial charge on any atom is -0.870 e. The number of hydrogen-bond acceptors (Lipinski definition) is 9. The van der Waals surface area contributed by atoms with E-state index in [1.807, 2.05) is 0 Å². The van der Waals surface area contributed by atoms with Gasteiger partial charge in [0.1, 0.15) is 32.9 Å². The monoisotopic (exact) mass is 731 g/mol. The Labute approximate surface area is 297 Å². The zero-order chi connectivity index (χ0) is 33.8. The second-order valence-electron chi connectivity index (χ2n) is 11.7. The van der Waals surface area contributed by atoms with Crippen LogP contribution in [-0.4, -0.2) is 62.4 Å². The average Bonchev–Trinajstić information content (AvgIpc) is 3.58. The number of ether oxygens (including phenoxy) is 4. The molecule has 260 valence electrons. The molecule has 0 radical (unpaired) electrons. The number of anilines is 1. The molecule has 3 aliphatic rings. The zero-order valence-corrected chi connectivity index (χ0v) is 29.2. The van der Waals surface area contributed by atoms with E-state index in [4.69, 9.17) is 42.1 Å². The van der Waals surface area contributed by atoms with Crippen LogP contribution in [0.5, 0.6) is 11.5 Å². The van der Waals surface area contributed by atoms with Crippen LogP contribution in [0.15, 0.2) is 67.0 Å². The van der Waals surface area contributed by atoms with Crippen LogP contribution in [0, 0.1) is 11.7 Å². The molecule has 49 heavy (non-hydrogen) atoms. The second kappa shape index (κ2) is 16.2. The summed E-state index contributed by atoms with van der Waals surface area (Å²) in [6.45, 7) is 2.68. The average molecular weight is 733 g/mol. The maximum Gasteiger partial charge on any atom is 0.415 e. The lowest BCUT2D eigenvalue weighted by Crippen LogP contribution is -2.53. The molecule has 14 heteroatoms. The van der Waals surface area contributed by atoms with Crippen molar-refractivity contribution in [1.82, 2.24) is 4.90 Å². The van der Waals surface area contributed by atoms with Gasteiger partial charge in [0.25, 0.3) is 0 Å². The van der Waals surface area contributed by atoms with Crippen LogP contribution in [0.2, 0.25) is 10.0 Å². The predicted octanol–water partition coefficient (Wildman–Crippen LogP) is 7.23. The van der Waals surface area contributed by atoms with Crippen molar-refractivity contribution in [3.05, 3.63) is 104 Å². The Morgan fingerprint density at radius 3 is 2.39 bits per heavy atom.